The fourth-order valence-corrected chi connectivity index (χ4v) is 3.66. The van der Waals surface area contributed by atoms with Gasteiger partial charge in [-0.15, -0.1) is 0 Å². The molecule has 116 valence electrons. The molecule has 1 heterocycles. The lowest BCUT2D eigenvalue weighted by Crippen LogP contribution is -2.49. The van der Waals surface area contributed by atoms with Gasteiger partial charge in [0.1, 0.15) is 0 Å². The maximum atomic E-state index is 6.00. The zero-order chi connectivity index (χ0) is 14.7. The lowest BCUT2D eigenvalue weighted by molar-refractivity contribution is -0.130. The Morgan fingerprint density at radius 3 is 2.48 bits per heavy atom. The number of nitrogens with zero attached hydrogens (tertiary/aromatic N) is 1. The number of anilines is 2. The quantitative estimate of drug-likeness (QED) is 0.884. The van der Waals surface area contributed by atoms with Gasteiger partial charge in [0, 0.05) is 37.1 Å². The summed E-state index contributed by atoms with van der Waals surface area (Å²) in [6, 6.07) is 9.47. The predicted octanol–water partition coefficient (Wildman–Crippen LogP) is 4.05. The monoisotopic (exact) mass is 288 g/mol. The van der Waals surface area contributed by atoms with Crippen molar-refractivity contribution in [1.82, 2.24) is 0 Å². The van der Waals surface area contributed by atoms with Crippen LogP contribution < -0.4 is 10.2 Å². The summed E-state index contributed by atoms with van der Waals surface area (Å²) in [4.78, 5) is 2.38. The van der Waals surface area contributed by atoms with Crippen LogP contribution in [0.3, 0.4) is 0 Å². The van der Waals surface area contributed by atoms with E-state index in [4.69, 9.17) is 4.74 Å². The Morgan fingerprint density at radius 2 is 1.90 bits per heavy atom. The fraction of sp³-hybridized carbons (Fsp3) is 0.667. The summed E-state index contributed by atoms with van der Waals surface area (Å²) < 4.78 is 6.00. The van der Waals surface area contributed by atoms with Crippen molar-refractivity contribution in [2.75, 3.05) is 29.9 Å². The summed E-state index contributed by atoms with van der Waals surface area (Å²) in [5.41, 5.74) is 2.78. The van der Waals surface area contributed by atoms with Gasteiger partial charge >= 0.3 is 0 Å². The lowest BCUT2D eigenvalue weighted by Gasteiger charge is -2.47. The summed E-state index contributed by atoms with van der Waals surface area (Å²) >= 11 is 0. The van der Waals surface area contributed by atoms with Crippen LogP contribution in [0.1, 0.15) is 46.0 Å². The Kier molecular flexibility index (Phi) is 4.39. The Hall–Kier alpha value is -1.22. The minimum Gasteiger partial charge on any atom is -0.382 e. The van der Waals surface area contributed by atoms with Crippen molar-refractivity contribution in [1.29, 1.82) is 0 Å². The van der Waals surface area contributed by atoms with Crippen molar-refractivity contribution in [3.63, 3.8) is 0 Å². The first kappa shape index (κ1) is 14.7. The summed E-state index contributed by atoms with van der Waals surface area (Å²) in [7, 11) is 0. The van der Waals surface area contributed by atoms with Crippen LogP contribution in [0.15, 0.2) is 24.3 Å². The zero-order valence-electron chi connectivity index (χ0n) is 13.4. The molecule has 1 aliphatic carbocycles. The highest BCUT2D eigenvalue weighted by Crippen LogP contribution is 2.42. The lowest BCUT2D eigenvalue weighted by atomic mass is 9.74. The van der Waals surface area contributed by atoms with Gasteiger partial charge in [-0.3, -0.25) is 0 Å². The van der Waals surface area contributed by atoms with Gasteiger partial charge in [0.15, 0.2) is 0 Å². The Labute approximate surface area is 128 Å². The largest absolute Gasteiger partial charge is 0.382 e. The first-order valence-corrected chi connectivity index (χ1v) is 8.50. The minimum absolute atomic E-state index is 0.219. The first-order valence-electron chi connectivity index (χ1n) is 8.50. The number of ether oxygens (including phenoxy) is 1. The highest BCUT2D eigenvalue weighted by atomic mass is 16.5. The van der Waals surface area contributed by atoms with E-state index in [1.165, 1.54) is 37.1 Å². The molecule has 3 heteroatoms. The molecule has 2 aliphatic rings. The molecule has 21 heavy (non-hydrogen) atoms. The van der Waals surface area contributed by atoms with Crippen molar-refractivity contribution >= 4 is 11.4 Å². The number of rotatable bonds is 5. The van der Waals surface area contributed by atoms with Gasteiger partial charge in [-0.1, -0.05) is 0 Å². The number of hydrogen-bond donors (Lipinski definition) is 1. The van der Waals surface area contributed by atoms with Gasteiger partial charge in [-0.25, -0.2) is 0 Å². The molecule has 0 bridgehead atoms. The smallest absolute Gasteiger partial charge is 0.0702 e. The standard InChI is InChI=1S/C18H28N2O/c1-3-20(4-2)17-8-6-15(7-9-17)19-16-10-13-21-18(14-16)11-5-12-18/h6-9,16,19H,3-5,10-14H2,1-2H3. The van der Waals surface area contributed by atoms with E-state index >= 15 is 0 Å². The van der Waals surface area contributed by atoms with E-state index in [0.29, 0.717) is 6.04 Å². The van der Waals surface area contributed by atoms with Crippen LogP contribution in [0.2, 0.25) is 0 Å². The third-order valence-corrected chi connectivity index (χ3v) is 5.12. The average molecular weight is 288 g/mol. The van der Waals surface area contributed by atoms with Gasteiger partial charge < -0.3 is 15.0 Å². The van der Waals surface area contributed by atoms with Crippen LogP contribution in [-0.2, 0) is 4.74 Å². The van der Waals surface area contributed by atoms with E-state index in [-0.39, 0.29) is 5.60 Å². The molecule has 1 unspecified atom stereocenters. The normalized spacial score (nSPS) is 23.6. The Balaban J connectivity index is 1.60. The van der Waals surface area contributed by atoms with Crippen molar-refractivity contribution in [2.45, 2.75) is 57.6 Å². The number of hydrogen-bond acceptors (Lipinski definition) is 3. The van der Waals surface area contributed by atoms with E-state index in [1.807, 2.05) is 0 Å². The summed E-state index contributed by atoms with van der Waals surface area (Å²) in [5, 5.41) is 3.71. The molecule has 1 aromatic rings. The third kappa shape index (κ3) is 3.18. The average Bonchev–Trinajstić information content (AvgIpc) is 2.49. The first-order chi connectivity index (χ1) is 10.2. The number of benzene rings is 1. The molecule has 1 aliphatic heterocycles. The molecule has 3 nitrogen and oxygen atoms in total. The Morgan fingerprint density at radius 1 is 1.19 bits per heavy atom. The molecule has 0 aromatic heterocycles. The highest BCUT2D eigenvalue weighted by Gasteiger charge is 2.42. The molecule has 1 spiro atoms. The van der Waals surface area contributed by atoms with Crippen LogP contribution in [-0.4, -0.2) is 31.3 Å². The second kappa shape index (κ2) is 6.27. The van der Waals surface area contributed by atoms with Crippen molar-refractivity contribution < 1.29 is 4.74 Å². The molecule has 2 fully saturated rings. The van der Waals surface area contributed by atoms with Crippen LogP contribution in [0, 0.1) is 0 Å². The van der Waals surface area contributed by atoms with Gasteiger partial charge in [-0.05, 0) is 70.2 Å². The molecule has 1 atom stereocenters. The second-order valence-corrected chi connectivity index (χ2v) is 6.44. The van der Waals surface area contributed by atoms with Gasteiger partial charge in [-0.2, -0.15) is 0 Å². The maximum absolute atomic E-state index is 6.00. The van der Waals surface area contributed by atoms with Crippen LogP contribution in [0.4, 0.5) is 11.4 Å². The van der Waals surface area contributed by atoms with Crippen LogP contribution in [0.25, 0.3) is 0 Å². The summed E-state index contributed by atoms with van der Waals surface area (Å²) in [5.74, 6) is 0. The topological polar surface area (TPSA) is 24.5 Å². The molecular weight excluding hydrogens is 260 g/mol. The Bertz CT molecular complexity index is 449. The minimum atomic E-state index is 0.219. The van der Waals surface area contributed by atoms with Crippen molar-refractivity contribution in [2.24, 2.45) is 0 Å². The van der Waals surface area contributed by atoms with Gasteiger partial charge in [0.2, 0.25) is 0 Å². The highest BCUT2D eigenvalue weighted by molar-refractivity contribution is 5.55. The van der Waals surface area contributed by atoms with E-state index in [2.05, 4.69) is 48.3 Å². The second-order valence-electron chi connectivity index (χ2n) is 6.44. The van der Waals surface area contributed by atoms with E-state index in [0.717, 1.165) is 26.1 Å². The molecule has 1 aromatic carbocycles. The summed E-state index contributed by atoms with van der Waals surface area (Å²) in [6.45, 7) is 7.44. The molecule has 1 saturated carbocycles. The van der Waals surface area contributed by atoms with Crippen LogP contribution in [0.5, 0.6) is 0 Å². The van der Waals surface area contributed by atoms with Crippen molar-refractivity contribution in [3.05, 3.63) is 24.3 Å². The van der Waals surface area contributed by atoms with Crippen molar-refractivity contribution in [3.8, 4) is 0 Å². The molecule has 1 saturated heterocycles. The predicted molar refractivity (Wildman–Crippen MR) is 89.2 cm³/mol. The van der Waals surface area contributed by atoms with Gasteiger partial charge in [0.05, 0.1) is 5.60 Å². The van der Waals surface area contributed by atoms with Crippen LogP contribution >= 0.6 is 0 Å². The van der Waals surface area contributed by atoms with E-state index in [1.54, 1.807) is 0 Å². The molecule has 0 radical (unpaired) electrons. The maximum Gasteiger partial charge on any atom is 0.0702 e. The summed E-state index contributed by atoms with van der Waals surface area (Å²) in [6.07, 6.45) is 6.15. The third-order valence-electron chi connectivity index (χ3n) is 5.12. The molecule has 1 N–H and O–H groups in total. The fourth-order valence-electron chi connectivity index (χ4n) is 3.66. The van der Waals surface area contributed by atoms with Gasteiger partial charge in [0.25, 0.3) is 0 Å². The number of nitrogens with one attached hydrogen (secondary N) is 1. The van der Waals surface area contributed by atoms with E-state index in [9.17, 15) is 0 Å². The van der Waals surface area contributed by atoms with E-state index < -0.39 is 0 Å². The zero-order valence-corrected chi connectivity index (χ0v) is 13.4. The SMILES string of the molecule is CCN(CC)c1ccc(NC2CCOC3(CCC3)C2)cc1. The molecular formula is C18H28N2O. The molecule has 0 amide bonds. The molecule has 3 rings (SSSR count).